The van der Waals surface area contributed by atoms with Crippen LogP contribution in [0, 0.1) is 5.82 Å². The number of halogens is 2. The maximum atomic E-state index is 12.7. The van der Waals surface area contributed by atoms with E-state index in [1.807, 2.05) is 0 Å². The summed E-state index contributed by atoms with van der Waals surface area (Å²) < 4.78 is 12.7. The Morgan fingerprint density at radius 3 is 2.82 bits per heavy atom. The van der Waals surface area contributed by atoms with Crippen LogP contribution in [0.1, 0.15) is 17.4 Å². The highest BCUT2D eigenvalue weighted by atomic mass is 35.5. The lowest BCUT2D eigenvalue weighted by molar-refractivity contribution is 0.100. The highest BCUT2D eigenvalue weighted by Crippen LogP contribution is 2.11. The Kier molecular flexibility index (Phi) is 2.19. The zero-order chi connectivity index (χ0) is 8.43. The van der Waals surface area contributed by atoms with Gasteiger partial charge in [0.25, 0.3) is 0 Å². The quantitative estimate of drug-likeness (QED) is 0.609. The molecule has 0 aromatic carbocycles. The Hall–Kier alpha value is -0.960. The van der Waals surface area contributed by atoms with Gasteiger partial charge < -0.3 is 0 Å². The van der Waals surface area contributed by atoms with Crippen molar-refractivity contribution < 1.29 is 9.18 Å². The van der Waals surface area contributed by atoms with E-state index in [2.05, 4.69) is 4.98 Å². The largest absolute Gasteiger partial charge is 0.293 e. The maximum absolute atomic E-state index is 12.7. The van der Waals surface area contributed by atoms with Crippen molar-refractivity contribution in [2.24, 2.45) is 0 Å². The first-order valence-electron chi connectivity index (χ1n) is 2.93. The average Bonchev–Trinajstić information content (AvgIpc) is 1.85. The van der Waals surface area contributed by atoms with Gasteiger partial charge in [-0.3, -0.25) is 4.79 Å². The van der Waals surface area contributed by atoms with Crippen molar-refractivity contribution in [1.82, 2.24) is 4.98 Å². The molecule has 0 aliphatic heterocycles. The number of ketones is 1. The number of Topliss-reactive ketones (excluding diaryl/α,β-unsaturated/α-hetero) is 1. The van der Waals surface area contributed by atoms with Crippen LogP contribution >= 0.6 is 11.6 Å². The smallest absolute Gasteiger partial charge is 0.181 e. The summed E-state index contributed by atoms with van der Waals surface area (Å²) in [6.45, 7) is 1.25. The Labute approximate surface area is 68.0 Å². The highest BCUT2D eigenvalue weighted by molar-refractivity contribution is 6.30. The third kappa shape index (κ3) is 1.74. The van der Waals surface area contributed by atoms with E-state index in [1.165, 1.54) is 13.1 Å². The molecule has 58 valence electrons. The molecule has 0 aliphatic rings. The molecular weight excluding hydrogens is 169 g/mol. The van der Waals surface area contributed by atoms with Crippen LogP contribution in [0.3, 0.4) is 0 Å². The summed E-state index contributed by atoms with van der Waals surface area (Å²) in [5.41, 5.74) is -0.172. The molecule has 0 spiro atoms. The van der Waals surface area contributed by atoms with Gasteiger partial charge in [-0.2, -0.15) is 0 Å². The molecule has 1 aromatic heterocycles. The third-order valence-corrected chi connectivity index (χ3v) is 1.35. The van der Waals surface area contributed by atoms with E-state index in [0.29, 0.717) is 0 Å². The minimum absolute atomic E-state index is 0.172. The number of carbonyl (C=O) groups is 1. The minimum Gasteiger partial charge on any atom is -0.293 e. The summed E-state index contributed by atoms with van der Waals surface area (Å²) in [7, 11) is 0. The van der Waals surface area contributed by atoms with Gasteiger partial charge in [0, 0.05) is 13.1 Å². The molecule has 4 heteroatoms. The van der Waals surface area contributed by atoms with Gasteiger partial charge in [0.05, 0.1) is 5.02 Å². The predicted molar refractivity (Wildman–Crippen MR) is 39.2 cm³/mol. The van der Waals surface area contributed by atoms with Crippen molar-refractivity contribution >= 4 is 17.4 Å². The average molecular weight is 174 g/mol. The van der Waals surface area contributed by atoms with Crippen LogP contribution in [0.25, 0.3) is 0 Å². The van der Waals surface area contributed by atoms with Gasteiger partial charge in [-0.15, -0.1) is 0 Å². The Morgan fingerprint density at radius 1 is 1.73 bits per heavy atom. The fourth-order valence-corrected chi connectivity index (χ4v) is 0.818. The molecular formula is C7H5ClFNO. The van der Waals surface area contributed by atoms with Crippen molar-refractivity contribution in [3.8, 4) is 0 Å². The molecule has 0 bridgehead atoms. The standard InChI is InChI=1S/C7H5ClFNO/c1-4(11)7-6(9)2-5(8)3-10-7/h2-3H,1H3. The SMILES string of the molecule is CC(=O)c1ncc(Cl)cc1F. The van der Waals surface area contributed by atoms with Gasteiger partial charge in [0.1, 0.15) is 5.69 Å². The van der Waals surface area contributed by atoms with E-state index in [4.69, 9.17) is 11.6 Å². The van der Waals surface area contributed by atoms with Gasteiger partial charge in [-0.05, 0) is 6.07 Å². The number of nitrogens with zero attached hydrogens (tertiary/aromatic N) is 1. The van der Waals surface area contributed by atoms with E-state index in [9.17, 15) is 9.18 Å². The van der Waals surface area contributed by atoms with Gasteiger partial charge >= 0.3 is 0 Å². The number of hydrogen-bond donors (Lipinski definition) is 0. The first-order chi connectivity index (χ1) is 5.11. The van der Waals surface area contributed by atoms with E-state index in [-0.39, 0.29) is 10.7 Å². The maximum Gasteiger partial charge on any atom is 0.181 e. The summed E-state index contributed by atoms with van der Waals surface area (Å²) in [4.78, 5) is 14.2. The van der Waals surface area contributed by atoms with Crippen molar-refractivity contribution in [2.75, 3.05) is 0 Å². The van der Waals surface area contributed by atoms with Crippen LogP contribution in [-0.2, 0) is 0 Å². The fourth-order valence-electron chi connectivity index (χ4n) is 0.674. The van der Waals surface area contributed by atoms with Crippen LogP contribution in [0.5, 0.6) is 0 Å². The molecule has 1 heterocycles. The third-order valence-electron chi connectivity index (χ3n) is 1.14. The minimum atomic E-state index is -0.676. The van der Waals surface area contributed by atoms with Crippen LogP contribution in [0.15, 0.2) is 12.3 Å². The Bertz CT molecular complexity index is 300. The molecule has 2 nitrogen and oxygen atoms in total. The number of aromatic nitrogens is 1. The van der Waals surface area contributed by atoms with Gasteiger partial charge in [-0.1, -0.05) is 11.6 Å². The Balaban J connectivity index is 3.20. The number of hydrogen-bond acceptors (Lipinski definition) is 2. The second-order valence-electron chi connectivity index (χ2n) is 2.04. The molecule has 0 fully saturated rings. The molecule has 1 rings (SSSR count). The molecule has 0 N–H and O–H groups in total. The molecule has 0 amide bonds. The predicted octanol–water partition coefficient (Wildman–Crippen LogP) is 2.08. The summed E-state index contributed by atoms with van der Waals surface area (Å²) in [5, 5.41) is 0.188. The summed E-state index contributed by atoms with van der Waals surface area (Å²) >= 11 is 5.41. The molecule has 0 saturated carbocycles. The second-order valence-corrected chi connectivity index (χ2v) is 2.48. The van der Waals surface area contributed by atoms with Crippen LogP contribution in [0.2, 0.25) is 5.02 Å². The topological polar surface area (TPSA) is 30.0 Å². The fraction of sp³-hybridized carbons (Fsp3) is 0.143. The van der Waals surface area contributed by atoms with E-state index in [0.717, 1.165) is 6.07 Å². The normalized spacial score (nSPS) is 9.73. The van der Waals surface area contributed by atoms with E-state index in [1.54, 1.807) is 0 Å². The second kappa shape index (κ2) is 2.96. The lowest BCUT2D eigenvalue weighted by atomic mass is 10.2. The van der Waals surface area contributed by atoms with E-state index < -0.39 is 11.6 Å². The summed E-state index contributed by atoms with van der Waals surface area (Å²) in [6, 6.07) is 1.06. The van der Waals surface area contributed by atoms with Crippen molar-refractivity contribution in [3.63, 3.8) is 0 Å². The molecule has 0 saturated heterocycles. The monoisotopic (exact) mass is 173 g/mol. The van der Waals surface area contributed by atoms with Crippen molar-refractivity contribution in [3.05, 3.63) is 28.8 Å². The number of pyridine rings is 1. The Morgan fingerprint density at radius 2 is 2.36 bits per heavy atom. The molecule has 1 aromatic rings. The van der Waals surface area contributed by atoms with E-state index >= 15 is 0 Å². The van der Waals surface area contributed by atoms with Crippen LogP contribution in [0.4, 0.5) is 4.39 Å². The highest BCUT2D eigenvalue weighted by Gasteiger charge is 2.07. The molecule has 11 heavy (non-hydrogen) atoms. The van der Waals surface area contributed by atoms with Gasteiger partial charge in [0.2, 0.25) is 0 Å². The lowest BCUT2D eigenvalue weighted by Crippen LogP contribution is -2.00. The molecule has 0 atom stereocenters. The number of rotatable bonds is 1. The number of carbonyl (C=O) groups excluding carboxylic acids is 1. The van der Waals surface area contributed by atoms with Gasteiger partial charge in [0.15, 0.2) is 11.6 Å². The van der Waals surface area contributed by atoms with Crippen molar-refractivity contribution in [1.29, 1.82) is 0 Å². The molecule has 0 aliphatic carbocycles. The molecule has 0 unspecified atom stereocenters. The van der Waals surface area contributed by atoms with Gasteiger partial charge in [-0.25, -0.2) is 9.37 Å². The summed E-state index contributed by atoms with van der Waals surface area (Å²) in [5.74, 6) is -1.08. The zero-order valence-electron chi connectivity index (χ0n) is 5.77. The lowest BCUT2D eigenvalue weighted by Gasteiger charge is -1.95. The summed E-state index contributed by atoms with van der Waals surface area (Å²) in [6.07, 6.45) is 1.24. The first-order valence-corrected chi connectivity index (χ1v) is 3.31. The van der Waals surface area contributed by atoms with Crippen LogP contribution < -0.4 is 0 Å². The first kappa shape index (κ1) is 8.14. The molecule has 0 radical (unpaired) electrons. The zero-order valence-corrected chi connectivity index (χ0v) is 6.52. The van der Waals surface area contributed by atoms with Crippen LogP contribution in [-0.4, -0.2) is 10.8 Å². The van der Waals surface area contributed by atoms with Crippen molar-refractivity contribution in [2.45, 2.75) is 6.92 Å².